The normalized spacial score (nSPS) is 10.7. The molecule has 4 nitrogen and oxygen atoms in total. The molecule has 3 heterocycles. The van der Waals surface area contributed by atoms with E-state index < -0.39 is 0 Å². The zero-order valence-corrected chi connectivity index (χ0v) is 10.2. The predicted octanol–water partition coefficient (Wildman–Crippen LogP) is 2.65. The van der Waals surface area contributed by atoms with Gasteiger partial charge in [-0.1, -0.05) is 6.07 Å². The van der Waals surface area contributed by atoms with E-state index in [1.807, 2.05) is 54.3 Å². The number of hydrogen-bond acceptors (Lipinski definition) is 3. The van der Waals surface area contributed by atoms with E-state index in [2.05, 4.69) is 21.5 Å². The van der Waals surface area contributed by atoms with Gasteiger partial charge in [0.05, 0.1) is 23.6 Å². The van der Waals surface area contributed by atoms with Crippen molar-refractivity contribution in [3.05, 3.63) is 60.2 Å². The Labute approximate surface area is 105 Å². The summed E-state index contributed by atoms with van der Waals surface area (Å²) in [4.78, 5) is 4.26. The highest BCUT2D eigenvalue weighted by Crippen LogP contribution is 2.13. The maximum absolute atomic E-state index is 4.31. The molecule has 3 aromatic heterocycles. The number of nitrogens with zero attached hydrogens (tertiary/aromatic N) is 3. The number of pyridine rings is 2. The van der Waals surface area contributed by atoms with Crippen molar-refractivity contribution in [2.45, 2.75) is 13.5 Å². The molecule has 0 aliphatic rings. The standard InChI is InChI=1S/C14H14N4/c1-11-5-6-13(10-15-11)16-8-12-9-17-18-7-3-2-4-14(12)18/h2-7,9-10,16H,8H2,1H3. The second kappa shape index (κ2) is 4.49. The van der Waals surface area contributed by atoms with Crippen LogP contribution in [-0.4, -0.2) is 14.6 Å². The molecular formula is C14H14N4. The fourth-order valence-electron chi connectivity index (χ4n) is 1.89. The Hall–Kier alpha value is -2.36. The van der Waals surface area contributed by atoms with Crippen molar-refractivity contribution in [1.29, 1.82) is 0 Å². The number of fused-ring (bicyclic) bond motifs is 1. The minimum Gasteiger partial charge on any atom is -0.380 e. The minimum atomic E-state index is 0.748. The van der Waals surface area contributed by atoms with Gasteiger partial charge < -0.3 is 5.32 Å². The number of hydrogen-bond donors (Lipinski definition) is 1. The van der Waals surface area contributed by atoms with Gasteiger partial charge in [0.25, 0.3) is 0 Å². The van der Waals surface area contributed by atoms with Gasteiger partial charge in [-0.15, -0.1) is 0 Å². The summed E-state index contributed by atoms with van der Waals surface area (Å²) in [5, 5.41) is 7.66. The van der Waals surface area contributed by atoms with E-state index in [0.717, 1.165) is 23.4 Å². The van der Waals surface area contributed by atoms with Crippen LogP contribution in [0.25, 0.3) is 5.52 Å². The monoisotopic (exact) mass is 238 g/mol. The SMILES string of the molecule is Cc1ccc(NCc2cnn3ccccc23)cn1. The Kier molecular flexibility index (Phi) is 2.68. The highest BCUT2D eigenvalue weighted by Gasteiger charge is 2.02. The number of aryl methyl sites for hydroxylation is 1. The Bertz CT molecular complexity index is 655. The van der Waals surface area contributed by atoms with Gasteiger partial charge in [0.2, 0.25) is 0 Å². The van der Waals surface area contributed by atoms with Gasteiger partial charge in [0.15, 0.2) is 0 Å². The van der Waals surface area contributed by atoms with Gasteiger partial charge in [-0.2, -0.15) is 5.10 Å². The van der Waals surface area contributed by atoms with Crippen LogP contribution in [0.1, 0.15) is 11.3 Å². The number of anilines is 1. The molecule has 0 atom stereocenters. The first-order chi connectivity index (χ1) is 8.83. The van der Waals surface area contributed by atoms with Crippen molar-refractivity contribution in [2.24, 2.45) is 0 Å². The molecular weight excluding hydrogens is 224 g/mol. The maximum atomic E-state index is 4.31. The van der Waals surface area contributed by atoms with Crippen molar-refractivity contribution in [1.82, 2.24) is 14.6 Å². The third-order valence-corrected chi connectivity index (χ3v) is 2.90. The van der Waals surface area contributed by atoms with Crippen LogP contribution in [0.4, 0.5) is 5.69 Å². The van der Waals surface area contributed by atoms with Crippen LogP contribution in [0.3, 0.4) is 0 Å². The van der Waals surface area contributed by atoms with E-state index >= 15 is 0 Å². The van der Waals surface area contributed by atoms with E-state index in [9.17, 15) is 0 Å². The Balaban J connectivity index is 1.79. The molecule has 0 unspecified atom stereocenters. The van der Waals surface area contributed by atoms with Crippen molar-refractivity contribution < 1.29 is 0 Å². The summed E-state index contributed by atoms with van der Waals surface area (Å²) in [5.41, 5.74) is 4.36. The van der Waals surface area contributed by atoms with Crippen LogP contribution >= 0.6 is 0 Å². The molecule has 0 aliphatic heterocycles. The summed E-state index contributed by atoms with van der Waals surface area (Å²) in [6, 6.07) is 10.1. The Morgan fingerprint density at radius 3 is 2.94 bits per heavy atom. The predicted molar refractivity (Wildman–Crippen MR) is 71.5 cm³/mol. The van der Waals surface area contributed by atoms with Crippen molar-refractivity contribution in [2.75, 3.05) is 5.32 Å². The first kappa shape index (κ1) is 10.8. The van der Waals surface area contributed by atoms with Crippen molar-refractivity contribution >= 4 is 11.2 Å². The molecule has 4 heteroatoms. The number of nitrogens with one attached hydrogen (secondary N) is 1. The highest BCUT2D eigenvalue weighted by atomic mass is 15.2. The third-order valence-electron chi connectivity index (χ3n) is 2.90. The Morgan fingerprint density at radius 1 is 1.17 bits per heavy atom. The first-order valence-electron chi connectivity index (χ1n) is 5.91. The fourth-order valence-corrected chi connectivity index (χ4v) is 1.89. The lowest BCUT2D eigenvalue weighted by molar-refractivity contribution is 0.961. The lowest BCUT2D eigenvalue weighted by Gasteiger charge is -2.05. The molecule has 0 radical (unpaired) electrons. The summed E-state index contributed by atoms with van der Waals surface area (Å²) in [5.74, 6) is 0. The van der Waals surface area contributed by atoms with Crippen LogP contribution in [-0.2, 0) is 6.54 Å². The summed E-state index contributed by atoms with van der Waals surface area (Å²) in [7, 11) is 0. The van der Waals surface area contributed by atoms with Crippen molar-refractivity contribution in [3.63, 3.8) is 0 Å². The van der Waals surface area contributed by atoms with Crippen LogP contribution in [0, 0.1) is 6.92 Å². The van der Waals surface area contributed by atoms with E-state index in [0.29, 0.717) is 0 Å². The molecule has 0 saturated carbocycles. The Morgan fingerprint density at radius 2 is 2.11 bits per heavy atom. The molecule has 1 N–H and O–H groups in total. The second-order valence-electron chi connectivity index (χ2n) is 4.24. The molecule has 0 amide bonds. The summed E-state index contributed by atoms with van der Waals surface area (Å²) in [6.07, 6.45) is 5.69. The summed E-state index contributed by atoms with van der Waals surface area (Å²) < 4.78 is 1.88. The van der Waals surface area contributed by atoms with Crippen LogP contribution in [0.2, 0.25) is 0 Å². The maximum Gasteiger partial charge on any atom is 0.0711 e. The lowest BCUT2D eigenvalue weighted by Crippen LogP contribution is -1.99. The van der Waals surface area contributed by atoms with E-state index in [4.69, 9.17) is 0 Å². The fraction of sp³-hybridized carbons (Fsp3) is 0.143. The van der Waals surface area contributed by atoms with Gasteiger partial charge in [-0.25, -0.2) is 4.52 Å². The highest BCUT2D eigenvalue weighted by molar-refractivity contribution is 5.55. The van der Waals surface area contributed by atoms with E-state index in [1.165, 1.54) is 5.56 Å². The third kappa shape index (κ3) is 2.05. The average molecular weight is 238 g/mol. The molecule has 90 valence electrons. The van der Waals surface area contributed by atoms with Crippen LogP contribution in [0.15, 0.2) is 48.9 Å². The van der Waals surface area contributed by atoms with Gasteiger partial charge >= 0.3 is 0 Å². The molecule has 3 rings (SSSR count). The number of rotatable bonds is 3. The summed E-state index contributed by atoms with van der Waals surface area (Å²) >= 11 is 0. The second-order valence-corrected chi connectivity index (χ2v) is 4.24. The smallest absolute Gasteiger partial charge is 0.0711 e. The van der Waals surface area contributed by atoms with E-state index in [-0.39, 0.29) is 0 Å². The quantitative estimate of drug-likeness (QED) is 0.762. The number of aromatic nitrogens is 3. The first-order valence-corrected chi connectivity index (χ1v) is 5.91. The summed E-state index contributed by atoms with van der Waals surface area (Å²) in [6.45, 7) is 2.73. The molecule has 0 spiro atoms. The zero-order valence-electron chi connectivity index (χ0n) is 10.2. The van der Waals surface area contributed by atoms with Gasteiger partial charge in [-0.3, -0.25) is 4.98 Å². The van der Waals surface area contributed by atoms with Crippen LogP contribution in [0.5, 0.6) is 0 Å². The van der Waals surface area contributed by atoms with Gasteiger partial charge in [0, 0.05) is 24.0 Å². The molecule has 0 fully saturated rings. The molecule has 18 heavy (non-hydrogen) atoms. The van der Waals surface area contributed by atoms with Crippen molar-refractivity contribution in [3.8, 4) is 0 Å². The minimum absolute atomic E-state index is 0.748. The zero-order chi connectivity index (χ0) is 12.4. The van der Waals surface area contributed by atoms with Crippen LogP contribution < -0.4 is 5.32 Å². The molecule has 0 aliphatic carbocycles. The molecule has 0 saturated heterocycles. The van der Waals surface area contributed by atoms with Gasteiger partial charge in [0.1, 0.15) is 0 Å². The lowest BCUT2D eigenvalue weighted by atomic mass is 10.2. The van der Waals surface area contributed by atoms with E-state index in [1.54, 1.807) is 0 Å². The molecule has 3 aromatic rings. The topological polar surface area (TPSA) is 42.2 Å². The average Bonchev–Trinajstić information content (AvgIpc) is 2.82. The molecule has 0 bridgehead atoms. The molecule has 0 aromatic carbocycles. The largest absolute Gasteiger partial charge is 0.380 e. The van der Waals surface area contributed by atoms with Gasteiger partial charge in [-0.05, 0) is 31.2 Å².